The standard InChI is InChI=1S/C24H31N5O4/c1-14(2)13-27-21-17(7-8-18(30)28-12-4-9-24(28)10-11-24)15(3)26-29(21)23(33)19(22(27)32)20(31)25-16-5-6-16/h7-8,14,16H,4-6,9-13H2,1-3H3,(H2,25,31,32,33)/p+1/b8-7+. The van der Waals surface area contributed by atoms with Crippen molar-refractivity contribution < 1.29 is 19.3 Å². The molecule has 2 saturated carbocycles. The molecule has 0 aromatic carbocycles. The highest BCUT2D eigenvalue weighted by Crippen LogP contribution is 2.49. The van der Waals surface area contributed by atoms with E-state index in [1.54, 1.807) is 16.7 Å². The number of hydrogen-bond acceptors (Lipinski definition) is 4. The number of nitrogens with one attached hydrogen (secondary N) is 2. The fraction of sp³-hybridized carbons (Fsp3) is 0.583. The van der Waals surface area contributed by atoms with Crippen molar-refractivity contribution in [2.24, 2.45) is 5.92 Å². The molecule has 9 nitrogen and oxygen atoms in total. The van der Waals surface area contributed by atoms with Gasteiger partial charge in [0.05, 0.1) is 17.8 Å². The van der Waals surface area contributed by atoms with Gasteiger partial charge in [0, 0.05) is 24.2 Å². The molecule has 5 rings (SSSR count). The number of amides is 2. The second kappa shape index (κ2) is 7.74. The molecule has 33 heavy (non-hydrogen) atoms. The minimum absolute atomic E-state index is 0.0221. The van der Waals surface area contributed by atoms with Gasteiger partial charge in [0.15, 0.2) is 0 Å². The predicted octanol–water partition coefficient (Wildman–Crippen LogP) is 1.65. The third-order valence-electron chi connectivity index (χ3n) is 7.06. The Hall–Kier alpha value is -3.10. The molecule has 1 aliphatic heterocycles. The van der Waals surface area contributed by atoms with Crippen LogP contribution in [0.15, 0.2) is 10.9 Å². The van der Waals surface area contributed by atoms with Crippen LogP contribution in [0.2, 0.25) is 0 Å². The number of aromatic nitrogens is 3. The van der Waals surface area contributed by atoms with Gasteiger partial charge in [-0.25, -0.2) is 9.89 Å². The summed E-state index contributed by atoms with van der Waals surface area (Å²) >= 11 is 0. The number of nitrogens with zero attached hydrogens (tertiary/aromatic N) is 3. The molecule has 3 heterocycles. The fourth-order valence-electron chi connectivity index (χ4n) is 5.04. The molecule has 0 bridgehead atoms. The van der Waals surface area contributed by atoms with Gasteiger partial charge in [-0.3, -0.25) is 9.59 Å². The zero-order valence-corrected chi connectivity index (χ0v) is 19.5. The van der Waals surface area contributed by atoms with Crippen LogP contribution in [-0.4, -0.2) is 49.6 Å². The number of hydrogen-bond donors (Lipinski definition) is 3. The maximum atomic E-state index is 13.2. The Kier molecular flexibility index (Phi) is 5.10. The SMILES string of the molecule is Cc1[nH]n2c(=O)c(C(=O)NC3CC3)c(O)[n+](CC(C)C)c2c1/C=C/C(=O)N1CCCC12CC2. The van der Waals surface area contributed by atoms with Gasteiger partial charge in [-0.15, -0.1) is 0 Å². The first-order chi connectivity index (χ1) is 15.7. The van der Waals surface area contributed by atoms with E-state index in [4.69, 9.17) is 0 Å². The lowest BCUT2D eigenvalue weighted by molar-refractivity contribution is -0.686. The zero-order chi connectivity index (χ0) is 23.5. The van der Waals surface area contributed by atoms with Gasteiger partial charge in [-0.05, 0) is 57.4 Å². The minimum atomic E-state index is -0.605. The van der Waals surface area contributed by atoms with Gasteiger partial charge >= 0.3 is 17.1 Å². The highest BCUT2D eigenvalue weighted by Gasteiger charge is 2.52. The molecule has 176 valence electrons. The first-order valence-corrected chi connectivity index (χ1v) is 11.9. The molecule has 0 radical (unpaired) electrons. The average molecular weight is 455 g/mol. The first kappa shape index (κ1) is 21.7. The number of rotatable bonds is 6. The van der Waals surface area contributed by atoms with Crippen molar-refractivity contribution in [3.63, 3.8) is 0 Å². The Morgan fingerprint density at radius 2 is 2.03 bits per heavy atom. The maximum absolute atomic E-state index is 13.2. The van der Waals surface area contributed by atoms with E-state index in [-0.39, 0.29) is 34.8 Å². The topological polar surface area (TPSA) is 111 Å². The van der Waals surface area contributed by atoms with Crippen LogP contribution in [0.3, 0.4) is 0 Å². The van der Waals surface area contributed by atoms with Crippen molar-refractivity contribution in [3.8, 4) is 5.88 Å². The van der Waals surface area contributed by atoms with Crippen LogP contribution in [0.1, 0.15) is 74.0 Å². The van der Waals surface area contributed by atoms with Crippen LogP contribution in [0.25, 0.3) is 11.7 Å². The molecule has 2 aromatic rings. The number of aromatic hydroxyl groups is 1. The third kappa shape index (κ3) is 3.73. The summed E-state index contributed by atoms with van der Waals surface area (Å²) in [5, 5.41) is 16.9. The van der Waals surface area contributed by atoms with Crippen molar-refractivity contribution in [3.05, 3.63) is 33.3 Å². The second-order valence-electron chi connectivity index (χ2n) is 10.2. The lowest BCUT2D eigenvalue weighted by atomic mass is 10.1. The molecule has 3 aliphatic rings. The number of carbonyl (C=O) groups is 2. The Bertz CT molecular complexity index is 1230. The van der Waals surface area contributed by atoms with E-state index in [1.807, 2.05) is 25.7 Å². The summed E-state index contributed by atoms with van der Waals surface area (Å²) in [6, 6.07) is 0.0609. The average Bonchev–Trinajstić information content (AvgIpc) is 3.64. The van der Waals surface area contributed by atoms with E-state index in [1.165, 1.54) is 4.52 Å². The van der Waals surface area contributed by atoms with E-state index >= 15 is 0 Å². The van der Waals surface area contributed by atoms with Gasteiger partial charge < -0.3 is 15.3 Å². The Balaban J connectivity index is 1.59. The lowest BCUT2D eigenvalue weighted by Crippen LogP contribution is -2.46. The second-order valence-corrected chi connectivity index (χ2v) is 10.2. The van der Waals surface area contributed by atoms with Crippen LogP contribution in [0.4, 0.5) is 0 Å². The molecule has 2 amide bonds. The molecule has 1 spiro atoms. The summed E-state index contributed by atoms with van der Waals surface area (Å²) in [5.41, 5.74) is 0.961. The lowest BCUT2D eigenvalue weighted by Gasteiger charge is -2.22. The normalized spacial score (nSPS) is 19.3. The quantitative estimate of drug-likeness (QED) is 0.455. The summed E-state index contributed by atoms with van der Waals surface area (Å²) in [7, 11) is 0. The van der Waals surface area contributed by atoms with Crippen molar-refractivity contribution in [2.75, 3.05) is 6.54 Å². The van der Waals surface area contributed by atoms with E-state index < -0.39 is 11.5 Å². The number of fused-ring (bicyclic) bond motifs is 1. The molecule has 1 saturated heterocycles. The monoisotopic (exact) mass is 454 g/mol. The van der Waals surface area contributed by atoms with Crippen molar-refractivity contribution in [1.82, 2.24) is 19.8 Å². The highest BCUT2D eigenvalue weighted by atomic mass is 16.3. The molecular weight excluding hydrogens is 422 g/mol. The fourth-order valence-corrected chi connectivity index (χ4v) is 5.04. The van der Waals surface area contributed by atoms with Gasteiger partial charge in [-0.1, -0.05) is 18.4 Å². The first-order valence-electron chi connectivity index (χ1n) is 11.9. The van der Waals surface area contributed by atoms with Gasteiger partial charge in [0.25, 0.3) is 5.91 Å². The molecule has 2 aliphatic carbocycles. The molecule has 0 unspecified atom stereocenters. The predicted molar refractivity (Wildman–Crippen MR) is 122 cm³/mol. The van der Waals surface area contributed by atoms with Gasteiger partial charge in [-0.2, -0.15) is 4.57 Å². The molecule has 2 aromatic heterocycles. The number of likely N-dealkylation sites (tertiary alicyclic amines) is 1. The van der Waals surface area contributed by atoms with Gasteiger partial charge in [0.2, 0.25) is 11.5 Å². The van der Waals surface area contributed by atoms with Crippen molar-refractivity contribution in [2.45, 2.75) is 77.4 Å². The Morgan fingerprint density at radius 1 is 1.30 bits per heavy atom. The summed E-state index contributed by atoms with van der Waals surface area (Å²) in [6.07, 6.45) is 9.30. The van der Waals surface area contributed by atoms with Crippen LogP contribution < -0.4 is 15.4 Å². The van der Waals surface area contributed by atoms with Crippen molar-refractivity contribution >= 4 is 23.5 Å². The molecular formula is C24H32N5O4+. The van der Waals surface area contributed by atoms with Crippen LogP contribution in [-0.2, 0) is 11.3 Å². The number of carbonyl (C=O) groups excluding carboxylic acids is 2. The van der Waals surface area contributed by atoms with Crippen LogP contribution in [0.5, 0.6) is 5.88 Å². The van der Waals surface area contributed by atoms with E-state index in [0.717, 1.165) is 45.1 Å². The Morgan fingerprint density at radius 3 is 2.67 bits per heavy atom. The van der Waals surface area contributed by atoms with E-state index in [0.29, 0.717) is 23.4 Å². The van der Waals surface area contributed by atoms with E-state index in [2.05, 4.69) is 10.4 Å². The third-order valence-corrected chi connectivity index (χ3v) is 7.06. The highest BCUT2D eigenvalue weighted by molar-refractivity contribution is 5.96. The molecule has 0 atom stereocenters. The summed E-state index contributed by atoms with van der Waals surface area (Å²) in [6.45, 7) is 7.00. The number of aromatic amines is 1. The van der Waals surface area contributed by atoms with Gasteiger partial charge in [0.1, 0.15) is 0 Å². The molecule has 3 fully saturated rings. The van der Waals surface area contributed by atoms with E-state index in [9.17, 15) is 19.5 Å². The summed E-state index contributed by atoms with van der Waals surface area (Å²) in [5.74, 6) is -0.779. The maximum Gasteiger partial charge on any atom is 0.378 e. The van der Waals surface area contributed by atoms with Crippen LogP contribution in [0, 0.1) is 12.8 Å². The van der Waals surface area contributed by atoms with Crippen LogP contribution >= 0.6 is 0 Å². The summed E-state index contributed by atoms with van der Waals surface area (Å²) < 4.78 is 2.90. The Labute approximate surface area is 192 Å². The van der Waals surface area contributed by atoms with Crippen molar-refractivity contribution in [1.29, 1.82) is 0 Å². The molecule has 3 N–H and O–H groups in total. The number of aryl methyl sites for hydroxylation is 1. The molecule has 9 heteroatoms. The number of H-pyrrole nitrogens is 1. The minimum Gasteiger partial charge on any atom is -0.477 e. The smallest absolute Gasteiger partial charge is 0.378 e. The zero-order valence-electron chi connectivity index (χ0n) is 19.5. The summed E-state index contributed by atoms with van der Waals surface area (Å²) in [4.78, 5) is 40.9. The largest absolute Gasteiger partial charge is 0.477 e.